The largest absolute Gasteiger partial charge is 0.294 e. The lowest BCUT2D eigenvalue weighted by molar-refractivity contribution is 0.0998. The number of hydrogen-bond acceptors (Lipinski definition) is 3. The molecule has 0 radical (unpaired) electrons. The summed E-state index contributed by atoms with van der Waals surface area (Å²) in [5.41, 5.74) is 0.493. The maximum absolute atomic E-state index is 11.1. The molecule has 0 fully saturated rings. The van der Waals surface area contributed by atoms with Crippen LogP contribution in [0, 0.1) is 0 Å². The number of carbonyl (C=O) groups excluding carboxylic acids is 2. The van der Waals surface area contributed by atoms with E-state index in [2.05, 4.69) is 12.6 Å². The summed E-state index contributed by atoms with van der Waals surface area (Å²) in [7, 11) is 0. The van der Waals surface area contributed by atoms with E-state index in [1.807, 2.05) is 0 Å². The summed E-state index contributed by atoms with van der Waals surface area (Å²) in [6.45, 7) is 1.37. The van der Waals surface area contributed by atoms with E-state index in [-0.39, 0.29) is 16.9 Å². The molecule has 0 aliphatic carbocycles. The van der Waals surface area contributed by atoms with Crippen LogP contribution in [0.3, 0.4) is 0 Å². The molecule has 0 unspecified atom stereocenters. The highest BCUT2D eigenvalue weighted by Gasteiger charge is 2.14. The first-order chi connectivity index (χ1) is 6.04. The van der Waals surface area contributed by atoms with E-state index in [4.69, 9.17) is 11.6 Å². The zero-order chi connectivity index (χ0) is 10.0. The summed E-state index contributed by atoms with van der Waals surface area (Å²) in [6.07, 6.45) is 0. The highest BCUT2D eigenvalue weighted by molar-refractivity contribution is 7.80. The van der Waals surface area contributed by atoms with Crippen LogP contribution in [-0.4, -0.2) is 11.0 Å². The second-order valence-corrected chi connectivity index (χ2v) is 3.35. The summed E-state index contributed by atoms with van der Waals surface area (Å²) in [5, 5.41) is -0.638. The fourth-order valence-corrected chi connectivity index (χ4v) is 1.60. The SMILES string of the molecule is CC(=O)c1c(S)cccc1C(=O)Cl. The summed E-state index contributed by atoms with van der Waals surface area (Å²) >= 11 is 9.37. The van der Waals surface area contributed by atoms with Crippen LogP contribution in [-0.2, 0) is 0 Å². The van der Waals surface area contributed by atoms with Gasteiger partial charge in [0.25, 0.3) is 5.24 Å². The quantitative estimate of drug-likeness (QED) is 0.467. The molecule has 0 N–H and O–H groups in total. The number of rotatable bonds is 2. The number of benzene rings is 1. The van der Waals surface area contributed by atoms with E-state index in [0.29, 0.717) is 4.90 Å². The van der Waals surface area contributed by atoms with Crippen molar-refractivity contribution in [2.75, 3.05) is 0 Å². The predicted octanol–water partition coefficient (Wildman–Crippen LogP) is 2.56. The molecule has 0 aliphatic rings. The molecular formula is C9H7ClO2S. The van der Waals surface area contributed by atoms with Crippen molar-refractivity contribution in [1.82, 2.24) is 0 Å². The zero-order valence-corrected chi connectivity index (χ0v) is 8.52. The van der Waals surface area contributed by atoms with Gasteiger partial charge in [-0.3, -0.25) is 9.59 Å². The molecule has 68 valence electrons. The summed E-state index contributed by atoms with van der Waals surface area (Å²) < 4.78 is 0. The van der Waals surface area contributed by atoms with Gasteiger partial charge in [0, 0.05) is 16.0 Å². The monoisotopic (exact) mass is 214 g/mol. The zero-order valence-electron chi connectivity index (χ0n) is 6.87. The molecule has 0 heterocycles. The Labute approximate surface area is 86.3 Å². The molecule has 1 aromatic carbocycles. The highest BCUT2D eigenvalue weighted by Crippen LogP contribution is 2.20. The van der Waals surface area contributed by atoms with Crippen LogP contribution in [0.4, 0.5) is 0 Å². The lowest BCUT2D eigenvalue weighted by atomic mass is 10.1. The number of ketones is 1. The Morgan fingerprint density at radius 1 is 1.38 bits per heavy atom. The van der Waals surface area contributed by atoms with Gasteiger partial charge in [-0.05, 0) is 30.7 Å². The molecule has 0 aliphatic heterocycles. The van der Waals surface area contributed by atoms with Gasteiger partial charge in [0.05, 0.1) is 0 Å². The van der Waals surface area contributed by atoms with Crippen molar-refractivity contribution in [3.05, 3.63) is 29.3 Å². The lowest BCUT2D eigenvalue weighted by Crippen LogP contribution is -2.03. The van der Waals surface area contributed by atoms with E-state index in [0.717, 1.165) is 0 Å². The third-order valence-electron chi connectivity index (χ3n) is 1.61. The van der Waals surface area contributed by atoms with Crippen LogP contribution in [0.2, 0.25) is 0 Å². The normalized spacial score (nSPS) is 9.77. The fraction of sp³-hybridized carbons (Fsp3) is 0.111. The average Bonchev–Trinajstić information content (AvgIpc) is 2.02. The topological polar surface area (TPSA) is 34.1 Å². The van der Waals surface area contributed by atoms with Crippen LogP contribution < -0.4 is 0 Å². The van der Waals surface area contributed by atoms with Gasteiger partial charge in [0.1, 0.15) is 0 Å². The first-order valence-electron chi connectivity index (χ1n) is 3.56. The lowest BCUT2D eigenvalue weighted by Gasteiger charge is -2.04. The molecule has 0 spiro atoms. The minimum atomic E-state index is -0.638. The van der Waals surface area contributed by atoms with Crippen molar-refractivity contribution in [2.45, 2.75) is 11.8 Å². The first-order valence-corrected chi connectivity index (χ1v) is 4.39. The molecule has 4 heteroatoms. The summed E-state index contributed by atoms with van der Waals surface area (Å²) in [6, 6.07) is 4.78. The maximum Gasteiger partial charge on any atom is 0.253 e. The molecule has 0 saturated heterocycles. The Hall–Kier alpha value is -0.800. The average molecular weight is 215 g/mol. The fourth-order valence-electron chi connectivity index (χ4n) is 1.07. The maximum atomic E-state index is 11.1. The minimum Gasteiger partial charge on any atom is -0.294 e. The molecule has 2 nitrogen and oxygen atoms in total. The molecule has 1 rings (SSSR count). The van der Waals surface area contributed by atoms with Gasteiger partial charge >= 0.3 is 0 Å². The van der Waals surface area contributed by atoms with Gasteiger partial charge in [-0.2, -0.15) is 0 Å². The Morgan fingerprint density at radius 2 is 2.00 bits per heavy atom. The van der Waals surface area contributed by atoms with Crippen molar-refractivity contribution in [3.63, 3.8) is 0 Å². The number of thiol groups is 1. The third-order valence-corrected chi connectivity index (χ3v) is 2.18. The van der Waals surface area contributed by atoms with Crippen LogP contribution in [0.1, 0.15) is 27.6 Å². The van der Waals surface area contributed by atoms with Crippen LogP contribution in [0.5, 0.6) is 0 Å². The highest BCUT2D eigenvalue weighted by atomic mass is 35.5. The first kappa shape index (κ1) is 10.3. The van der Waals surface area contributed by atoms with Crippen LogP contribution >= 0.6 is 24.2 Å². The van der Waals surface area contributed by atoms with E-state index < -0.39 is 5.24 Å². The van der Waals surface area contributed by atoms with Gasteiger partial charge in [-0.25, -0.2) is 0 Å². The second-order valence-electron chi connectivity index (χ2n) is 2.53. The Kier molecular flexibility index (Phi) is 3.12. The summed E-state index contributed by atoms with van der Waals surface area (Å²) in [4.78, 5) is 22.5. The molecule has 0 saturated carbocycles. The van der Waals surface area contributed by atoms with Gasteiger partial charge < -0.3 is 0 Å². The third kappa shape index (κ3) is 2.11. The molecule has 1 aromatic rings. The van der Waals surface area contributed by atoms with Gasteiger partial charge in [-0.15, -0.1) is 12.6 Å². The summed E-state index contributed by atoms with van der Waals surface area (Å²) in [5.74, 6) is -0.213. The van der Waals surface area contributed by atoms with Gasteiger partial charge in [0.15, 0.2) is 5.78 Å². The minimum absolute atomic E-state index is 0.210. The smallest absolute Gasteiger partial charge is 0.253 e. The van der Waals surface area contributed by atoms with Crippen molar-refractivity contribution in [2.24, 2.45) is 0 Å². The van der Waals surface area contributed by atoms with Crippen molar-refractivity contribution >= 4 is 35.3 Å². The number of Topliss-reactive ketones (excluding diaryl/α,β-unsaturated/α-hetero) is 1. The van der Waals surface area contributed by atoms with Crippen LogP contribution in [0.25, 0.3) is 0 Å². The van der Waals surface area contributed by atoms with E-state index in [1.165, 1.54) is 13.0 Å². The number of hydrogen-bond donors (Lipinski definition) is 1. The number of halogens is 1. The van der Waals surface area contributed by atoms with E-state index in [9.17, 15) is 9.59 Å². The van der Waals surface area contributed by atoms with E-state index >= 15 is 0 Å². The Bertz CT molecular complexity index is 374. The van der Waals surface area contributed by atoms with Crippen molar-refractivity contribution < 1.29 is 9.59 Å². The van der Waals surface area contributed by atoms with Crippen molar-refractivity contribution in [1.29, 1.82) is 0 Å². The van der Waals surface area contributed by atoms with Gasteiger partial charge in [-0.1, -0.05) is 6.07 Å². The van der Waals surface area contributed by atoms with Gasteiger partial charge in [0.2, 0.25) is 0 Å². The predicted molar refractivity (Wildman–Crippen MR) is 53.9 cm³/mol. The Balaban J connectivity index is 3.43. The number of carbonyl (C=O) groups is 2. The van der Waals surface area contributed by atoms with E-state index in [1.54, 1.807) is 12.1 Å². The standard InChI is InChI=1S/C9H7ClO2S/c1-5(11)8-6(9(10)12)3-2-4-7(8)13/h2-4,13H,1H3. The molecule has 0 aromatic heterocycles. The van der Waals surface area contributed by atoms with Crippen LogP contribution in [0.15, 0.2) is 23.1 Å². The van der Waals surface area contributed by atoms with Crippen molar-refractivity contribution in [3.8, 4) is 0 Å². The molecular weight excluding hydrogens is 208 g/mol. The Morgan fingerprint density at radius 3 is 2.38 bits per heavy atom. The molecule has 0 atom stereocenters. The molecule has 0 bridgehead atoms. The molecule has 0 amide bonds. The second kappa shape index (κ2) is 3.94. The molecule has 13 heavy (non-hydrogen) atoms.